The molecule has 3 rings (SSSR count). The number of likely N-dealkylation sites (tertiary alicyclic amines) is 1. The number of urea groups is 1. The number of nitrogens with one attached hydrogen (secondary N) is 1. The maximum absolute atomic E-state index is 12.4. The maximum atomic E-state index is 12.4. The van der Waals surface area contributed by atoms with Crippen molar-refractivity contribution >= 4 is 17.8 Å². The summed E-state index contributed by atoms with van der Waals surface area (Å²) < 4.78 is 0. The molecular weight excluding hydrogens is 310 g/mol. The van der Waals surface area contributed by atoms with E-state index in [1.165, 1.54) is 4.90 Å². The zero-order chi connectivity index (χ0) is 17.1. The van der Waals surface area contributed by atoms with Crippen molar-refractivity contribution in [3.05, 3.63) is 35.9 Å². The second kappa shape index (κ2) is 7.00. The highest BCUT2D eigenvalue weighted by Crippen LogP contribution is 2.22. The standard InChI is InChI=1S/C17H21N3O4/c21-14-10-20(9-13(14)8-12-4-2-1-3-5-12)16(23)11-19-7-6-15(22)18-17(19)24/h1-5,13-14,21H,6-11H2,(H,18,22,24)/t13-,14-/m1/s1. The van der Waals surface area contributed by atoms with E-state index in [-0.39, 0.29) is 43.8 Å². The van der Waals surface area contributed by atoms with Crippen LogP contribution in [-0.4, -0.2) is 65.0 Å². The van der Waals surface area contributed by atoms with Crippen LogP contribution < -0.4 is 5.32 Å². The molecule has 0 saturated carbocycles. The summed E-state index contributed by atoms with van der Waals surface area (Å²) in [6.45, 7) is 0.943. The predicted octanol–water partition coefficient (Wildman–Crippen LogP) is -0.00970. The summed E-state index contributed by atoms with van der Waals surface area (Å²) in [7, 11) is 0. The van der Waals surface area contributed by atoms with Crippen molar-refractivity contribution in [2.45, 2.75) is 18.9 Å². The number of hydrogen-bond acceptors (Lipinski definition) is 4. The Morgan fingerprint density at radius 3 is 2.67 bits per heavy atom. The highest BCUT2D eigenvalue weighted by molar-refractivity contribution is 5.98. The number of nitrogens with zero attached hydrogens (tertiary/aromatic N) is 2. The molecule has 0 spiro atoms. The molecule has 4 amide bonds. The molecule has 2 fully saturated rings. The van der Waals surface area contributed by atoms with Gasteiger partial charge in [-0.05, 0) is 12.0 Å². The minimum atomic E-state index is -0.564. The van der Waals surface area contributed by atoms with Gasteiger partial charge in [-0.15, -0.1) is 0 Å². The summed E-state index contributed by atoms with van der Waals surface area (Å²) in [5.41, 5.74) is 1.13. The predicted molar refractivity (Wildman–Crippen MR) is 86.0 cm³/mol. The van der Waals surface area contributed by atoms with Crippen LogP contribution in [0.5, 0.6) is 0 Å². The molecule has 2 atom stereocenters. The van der Waals surface area contributed by atoms with E-state index in [9.17, 15) is 19.5 Å². The van der Waals surface area contributed by atoms with Gasteiger partial charge in [0.1, 0.15) is 6.54 Å². The van der Waals surface area contributed by atoms with Gasteiger partial charge in [-0.2, -0.15) is 0 Å². The lowest BCUT2D eigenvalue weighted by molar-refractivity contribution is -0.132. The Bertz CT molecular complexity index is 634. The Morgan fingerprint density at radius 1 is 1.21 bits per heavy atom. The van der Waals surface area contributed by atoms with Crippen LogP contribution in [0.4, 0.5) is 4.79 Å². The molecule has 7 heteroatoms. The first-order valence-corrected chi connectivity index (χ1v) is 8.11. The minimum absolute atomic E-state index is 0.00638. The van der Waals surface area contributed by atoms with Crippen molar-refractivity contribution in [1.29, 1.82) is 0 Å². The third kappa shape index (κ3) is 3.73. The molecule has 1 aromatic rings. The fraction of sp³-hybridized carbons (Fsp3) is 0.471. The van der Waals surface area contributed by atoms with Gasteiger partial charge in [0, 0.05) is 32.0 Å². The second-order valence-corrected chi connectivity index (χ2v) is 6.34. The number of amides is 4. The smallest absolute Gasteiger partial charge is 0.324 e. The molecule has 7 nitrogen and oxygen atoms in total. The van der Waals surface area contributed by atoms with Crippen LogP contribution in [-0.2, 0) is 16.0 Å². The van der Waals surface area contributed by atoms with Crippen molar-refractivity contribution < 1.29 is 19.5 Å². The number of carbonyl (C=O) groups excluding carboxylic acids is 3. The van der Waals surface area contributed by atoms with Crippen molar-refractivity contribution in [3.63, 3.8) is 0 Å². The summed E-state index contributed by atoms with van der Waals surface area (Å²) >= 11 is 0. The molecule has 1 aromatic carbocycles. The van der Waals surface area contributed by atoms with E-state index in [0.717, 1.165) is 5.56 Å². The molecule has 2 N–H and O–H groups in total. The molecule has 2 saturated heterocycles. The molecule has 0 bridgehead atoms. The monoisotopic (exact) mass is 331 g/mol. The lowest BCUT2D eigenvalue weighted by atomic mass is 9.97. The van der Waals surface area contributed by atoms with Crippen molar-refractivity contribution in [2.24, 2.45) is 5.92 Å². The van der Waals surface area contributed by atoms with Crippen LogP contribution in [0, 0.1) is 5.92 Å². The SMILES string of the molecule is O=C1CCN(CC(=O)N2C[C@@H](Cc3ccccc3)[C@H](O)C2)C(=O)N1. The van der Waals surface area contributed by atoms with Gasteiger partial charge in [0.2, 0.25) is 11.8 Å². The van der Waals surface area contributed by atoms with Crippen LogP contribution in [0.25, 0.3) is 0 Å². The molecule has 2 heterocycles. The molecule has 0 unspecified atom stereocenters. The number of aliphatic hydroxyl groups is 1. The lowest BCUT2D eigenvalue weighted by Gasteiger charge is -2.27. The number of hydrogen-bond donors (Lipinski definition) is 2. The molecule has 24 heavy (non-hydrogen) atoms. The van der Waals surface area contributed by atoms with Gasteiger partial charge < -0.3 is 14.9 Å². The van der Waals surface area contributed by atoms with E-state index < -0.39 is 12.1 Å². The topological polar surface area (TPSA) is 90.0 Å². The third-order valence-corrected chi connectivity index (χ3v) is 4.57. The van der Waals surface area contributed by atoms with Gasteiger partial charge in [0.15, 0.2) is 0 Å². The average Bonchev–Trinajstić information content (AvgIpc) is 2.92. The minimum Gasteiger partial charge on any atom is -0.391 e. The van der Waals surface area contributed by atoms with E-state index >= 15 is 0 Å². The first kappa shape index (κ1) is 16.4. The maximum Gasteiger partial charge on any atom is 0.324 e. The summed E-state index contributed by atoms with van der Waals surface area (Å²) in [6, 6.07) is 9.34. The number of β-amino-alcohol motifs (C(OH)–C–C–N with tert-alkyl or cyclic N) is 1. The summed E-state index contributed by atoms with van der Waals surface area (Å²) in [5.74, 6) is -0.523. The Balaban J connectivity index is 1.55. The van der Waals surface area contributed by atoms with Gasteiger partial charge in [0.25, 0.3) is 0 Å². The molecule has 2 aliphatic heterocycles. The molecular formula is C17H21N3O4. The molecule has 128 valence electrons. The quantitative estimate of drug-likeness (QED) is 0.812. The number of benzene rings is 1. The zero-order valence-corrected chi connectivity index (χ0v) is 13.4. The van der Waals surface area contributed by atoms with Gasteiger partial charge in [-0.3, -0.25) is 14.9 Å². The molecule has 0 radical (unpaired) electrons. The number of aliphatic hydroxyl groups excluding tert-OH is 1. The van der Waals surface area contributed by atoms with E-state index in [0.29, 0.717) is 13.0 Å². The summed E-state index contributed by atoms with van der Waals surface area (Å²) in [6.07, 6.45) is 0.355. The second-order valence-electron chi connectivity index (χ2n) is 6.34. The number of carbonyl (C=O) groups is 3. The Labute approximate surface area is 140 Å². The van der Waals surface area contributed by atoms with Gasteiger partial charge in [-0.25, -0.2) is 4.79 Å². The van der Waals surface area contributed by atoms with Crippen molar-refractivity contribution in [1.82, 2.24) is 15.1 Å². The molecule has 0 aliphatic carbocycles. The van der Waals surface area contributed by atoms with Crippen LogP contribution in [0.1, 0.15) is 12.0 Å². The van der Waals surface area contributed by atoms with E-state index in [1.54, 1.807) is 4.90 Å². The van der Waals surface area contributed by atoms with Crippen molar-refractivity contribution in [2.75, 3.05) is 26.2 Å². The van der Waals surface area contributed by atoms with Crippen LogP contribution in [0.2, 0.25) is 0 Å². The largest absolute Gasteiger partial charge is 0.391 e. The number of imide groups is 1. The van der Waals surface area contributed by atoms with Crippen LogP contribution >= 0.6 is 0 Å². The zero-order valence-electron chi connectivity index (χ0n) is 13.4. The fourth-order valence-corrected chi connectivity index (χ4v) is 3.19. The third-order valence-electron chi connectivity index (χ3n) is 4.57. The summed E-state index contributed by atoms with van der Waals surface area (Å²) in [5, 5.41) is 12.4. The summed E-state index contributed by atoms with van der Waals surface area (Å²) in [4.78, 5) is 38.2. The van der Waals surface area contributed by atoms with Crippen molar-refractivity contribution in [3.8, 4) is 0 Å². The highest BCUT2D eigenvalue weighted by Gasteiger charge is 2.35. The van der Waals surface area contributed by atoms with Gasteiger partial charge in [0.05, 0.1) is 6.10 Å². The first-order chi connectivity index (χ1) is 11.5. The Morgan fingerprint density at radius 2 is 1.96 bits per heavy atom. The van der Waals surface area contributed by atoms with E-state index in [2.05, 4.69) is 5.32 Å². The first-order valence-electron chi connectivity index (χ1n) is 8.11. The normalized spacial score (nSPS) is 24.2. The lowest BCUT2D eigenvalue weighted by Crippen LogP contribution is -2.52. The number of rotatable bonds is 4. The Kier molecular flexibility index (Phi) is 4.80. The average molecular weight is 331 g/mol. The molecule has 0 aromatic heterocycles. The van der Waals surface area contributed by atoms with Gasteiger partial charge in [-0.1, -0.05) is 30.3 Å². The van der Waals surface area contributed by atoms with E-state index in [4.69, 9.17) is 0 Å². The van der Waals surface area contributed by atoms with Crippen LogP contribution in [0.3, 0.4) is 0 Å². The van der Waals surface area contributed by atoms with Gasteiger partial charge >= 0.3 is 6.03 Å². The van der Waals surface area contributed by atoms with E-state index in [1.807, 2.05) is 30.3 Å². The fourth-order valence-electron chi connectivity index (χ4n) is 3.19. The molecule has 2 aliphatic rings. The highest BCUT2D eigenvalue weighted by atomic mass is 16.3. The van der Waals surface area contributed by atoms with Crippen LogP contribution in [0.15, 0.2) is 30.3 Å². The Hall–Kier alpha value is -2.41.